The molecule has 1 aliphatic rings. The maximum Gasteiger partial charge on any atom is 0.143 e. The number of hydrogen-bond donors (Lipinski definition) is 1. The molecule has 0 spiro atoms. The van der Waals surface area contributed by atoms with Gasteiger partial charge in [0.15, 0.2) is 0 Å². The van der Waals surface area contributed by atoms with Crippen molar-refractivity contribution in [1.82, 2.24) is 9.97 Å². The monoisotopic (exact) mass is 472 g/mol. The van der Waals surface area contributed by atoms with Crippen molar-refractivity contribution in [2.45, 2.75) is 40.5 Å². The molecule has 5 rings (SSSR count). The summed E-state index contributed by atoms with van der Waals surface area (Å²) in [5.74, 6) is 3.35. The van der Waals surface area contributed by atoms with Gasteiger partial charge in [-0.05, 0) is 81.5 Å². The third-order valence-corrected chi connectivity index (χ3v) is 7.57. The van der Waals surface area contributed by atoms with Crippen LogP contribution in [0.15, 0.2) is 48.5 Å². The van der Waals surface area contributed by atoms with Gasteiger partial charge < -0.3 is 15.0 Å². The highest BCUT2D eigenvalue weighted by Crippen LogP contribution is 2.42. The van der Waals surface area contributed by atoms with Crippen molar-refractivity contribution in [3.63, 3.8) is 0 Å². The maximum atomic E-state index is 5.64. The van der Waals surface area contributed by atoms with Crippen LogP contribution in [0, 0.1) is 19.8 Å². The van der Waals surface area contributed by atoms with Gasteiger partial charge in [0.05, 0.1) is 12.0 Å². The number of benzene rings is 2. The van der Waals surface area contributed by atoms with E-state index >= 15 is 0 Å². The number of fused-ring (bicyclic) bond motifs is 1. The molecule has 0 amide bonds. The highest BCUT2D eigenvalue weighted by molar-refractivity contribution is 7.19. The molecule has 2 aromatic carbocycles. The summed E-state index contributed by atoms with van der Waals surface area (Å²) < 4.78 is 5.64. The Morgan fingerprint density at radius 3 is 2.38 bits per heavy atom. The first-order valence-electron chi connectivity index (χ1n) is 12.1. The third-order valence-electron chi connectivity index (χ3n) is 6.57. The highest BCUT2D eigenvalue weighted by Gasteiger charge is 2.19. The molecule has 1 N–H and O–H groups in total. The van der Waals surface area contributed by atoms with E-state index in [2.05, 4.69) is 60.5 Å². The highest BCUT2D eigenvalue weighted by atomic mass is 32.1. The first kappa shape index (κ1) is 22.7. The van der Waals surface area contributed by atoms with Crippen molar-refractivity contribution in [2.75, 3.05) is 29.9 Å². The fraction of sp³-hybridized carbons (Fsp3) is 0.357. The van der Waals surface area contributed by atoms with Crippen LogP contribution in [0.25, 0.3) is 21.3 Å². The Kier molecular flexibility index (Phi) is 6.42. The van der Waals surface area contributed by atoms with Crippen LogP contribution >= 0.6 is 11.3 Å². The molecule has 1 fully saturated rings. The summed E-state index contributed by atoms with van der Waals surface area (Å²) in [6, 6.07) is 17.1. The number of aromatic nitrogens is 2. The molecule has 0 bridgehead atoms. The van der Waals surface area contributed by atoms with Gasteiger partial charge in [0, 0.05) is 34.9 Å². The Balaban J connectivity index is 1.47. The molecule has 0 atom stereocenters. The SMILES string of the molecule is CCOc1ccc(-c2c(C)sc3nc(C)nc(Nc4ccc(N5CCC(C)CC5)cc4)c23)cc1. The van der Waals surface area contributed by atoms with E-state index in [0.717, 1.165) is 57.9 Å². The van der Waals surface area contributed by atoms with E-state index in [1.54, 1.807) is 11.3 Å². The average molecular weight is 473 g/mol. The number of anilines is 3. The molecule has 34 heavy (non-hydrogen) atoms. The van der Waals surface area contributed by atoms with Gasteiger partial charge in [-0.25, -0.2) is 9.97 Å². The Morgan fingerprint density at radius 1 is 1.00 bits per heavy atom. The molecule has 3 heterocycles. The zero-order chi connectivity index (χ0) is 23.7. The largest absolute Gasteiger partial charge is 0.494 e. The lowest BCUT2D eigenvalue weighted by atomic mass is 9.99. The summed E-state index contributed by atoms with van der Waals surface area (Å²) in [6.07, 6.45) is 2.54. The van der Waals surface area contributed by atoms with Crippen molar-refractivity contribution >= 4 is 38.7 Å². The van der Waals surface area contributed by atoms with Crippen molar-refractivity contribution in [1.29, 1.82) is 0 Å². The van der Waals surface area contributed by atoms with Crippen LogP contribution in [0.5, 0.6) is 5.75 Å². The minimum atomic E-state index is 0.663. The molecule has 0 unspecified atom stereocenters. The normalized spacial score (nSPS) is 14.5. The number of rotatable bonds is 6. The first-order valence-corrected chi connectivity index (χ1v) is 13.0. The van der Waals surface area contributed by atoms with E-state index in [1.807, 2.05) is 26.0 Å². The maximum absolute atomic E-state index is 5.64. The van der Waals surface area contributed by atoms with Crippen molar-refractivity contribution < 1.29 is 4.74 Å². The van der Waals surface area contributed by atoms with Crippen LogP contribution in [-0.2, 0) is 0 Å². The molecule has 5 nitrogen and oxygen atoms in total. The number of nitrogens with zero attached hydrogens (tertiary/aromatic N) is 3. The third kappa shape index (κ3) is 4.60. The summed E-state index contributed by atoms with van der Waals surface area (Å²) in [4.78, 5) is 14.3. The minimum Gasteiger partial charge on any atom is -0.494 e. The second kappa shape index (κ2) is 9.63. The lowest BCUT2D eigenvalue weighted by Crippen LogP contribution is -2.32. The number of thiophene rings is 1. The Labute approximate surface area is 205 Å². The number of piperidine rings is 1. The van der Waals surface area contributed by atoms with Gasteiger partial charge >= 0.3 is 0 Å². The zero-order valence-corrected chi connectivity index (χ0v) is 21.2. The van der Waals surface area contributed by atoms with E-state index in [-0.39, 0.29) is 0 Å². The summed E-state index contributed by atoms with van der Waals surface area (Å²) in [5, 5.41) is 4.67. The van der Waals surface area contributed by atoms with Gasteiger partial charge in [0.2, 0.25) is 0 Å². The summed E-state index contributed by atoms with van der Waals surface area (Å²) >= 11 is 1.72. The van der Waals surface area contributed by atoms with Gasteiger partial charge in [-0.3, -0.25) is 0 Å². The lowest BCUT2D eigenvalue weighted by Gasteiger charge is -2.32. The van der Waals surface area contributed by atoms with Crippen molar-refractivity contribution in [3.05, 3.63) is 59.2 Å². The van der Waals surface area contributed by atoms with Gasteiger partial charge in [-0.1, -0.05) is 19.1 Å². The number of aryl methyl sites for hydroxylation is 2. The molecule has 1 aliphatic heterocycles. The first-order chi connectivity index (χ1) is 16.5. The second-order valence-corrected chi connectivity index (χ2v) is 10.3. The molecule has 4 aromatic rings. The van der Waals surface area contributed by atoms with Gasteiger partial charge in [0.25, 0.3) is 0 Å². The van der Waals surface area contributed by atoms with E-state index in [1.165, 1.54) is 29.0 Å². The van der Waals surface area contributed by atoms with Crippen LogP contribution in [0.1, 0.15) is 37.4 Å². The molecule has 1 saturated heterocycles. The smallest absolute Gasteiger partial charge is 0.143 e. The Morgan fingerprint density at radius 2 is 1.71 bits per heavy atom. The zero-order valence-electron chi connectivity index (χ0n) is 20.4. The predicted molar refractivity (Wildman–Crippen MR) is 144 cm³/mol. The molecule has 6 heteroatoms. The van der Waals surface area contributed by atoms with E-state index in [4.69, 9.17) is 14.7 Å². The number of nitrogens with one attached hydrogen (secondary N) is 1. The molecule has 0 aliphatic carbocycles. The van der Waals surface area contributed by atoms with E-state index in [0.29, 0.717) is 6.61 Å². The molecule has 0 radical (unpaired) electrons. The van der Waals surface area contributed by atoms with Crippen molar-refractivity contribution in [3.8, 4) is 16.9 Å². The number of ether oxygens (including phenoxy) is 1. The summed E-state index contributed by atoms with van der Waals surface area (Å²) in [7, 11) is 0. The topological polar surface area (TPSA) is 50.3 Å². The van der Waals surface area contributed by atoms with Crippen molar-refractivity contribution in [2.24, 2.45) is 5.92 Å². The summed E-state index contributed by atoms with van der Waals surface area (Å²) in [5.41, 5.74) is 4.67. The molecule has 176 valence electrons. The van der Waals surface area contributed by atoms with E-state index < -0.39 is 0 Å². The molecule has 2 aromatic heterocycles. The molecular weight excluding hydrogens is 440 g/mol. The molecule has 0 saturated carbocycles. The summed E-state index contributed by atoms with van der Waals surface area (Å²) in [6.45, 7) is 11.4. The van der Waals surface area contributed by atoms with Crippen LogP contribution in [0.2, 0.25) is 0 Å². The van der Waals surface area contributed by atoms with Crippen LogP contribution in [0.4, 0.5) is 17.2 Å². The predicted octanol–water partition coefficient (Wildman–Crippen LogP) is 7.35. The fourth-order valence-electron chi connectivity index (χ4n) is 4.70. The fourth-order valence-corrected chi connectivity index (χ4v) is 5.79. The van der Waals surface area contributed by atoms with E-state index in [9.17, 15) is 0 Å². The van der Waals surface area contributed by atoms with Gasteiger partial charge in [0.1, 0.15) is 22.2 Å². The standard InChI is InChI=1S/C28H32N4OS/c1-5-33-24-12-6-21(7-13-24)25-19(3)34-28-26(25)27(29-20(4)30-28)31-22-8-10-23(11-9-22)32-16-14-18(2)15-17-32/h6-13,18H,5,14-17H2,1-4H3,(H,29,30,31). The van der Waals surface area contributed by atoms with Gasteiger partial charge in [-0.2, -0.15) is 0 Å². The Hall–Kier alpha value is -3.12. The minimum absolute atomic E-state index is 0.663. The second-order valence-electron chi connectivity index (χ2n) is 9.13. The lowest BCUT2D eigenvalue weighted by molar-refractivity contribution is 0.340. The molecular formula is C28H32N4OS. The van der Waals surface area contributed by atoms with Crippen LogP contribution < -0.4 is 15.0 Å². The number of hydrogen-bond acceptors (Lipinski definition) is 6. The average Bonchev–Trinajstić information content (AvgIpc) is 3.16. The van der Waals surface area contributed by atoms with Crippen LogP contribution in [-0.4, -0.2) is 29.7 Å². The quantitative estimate of drug-likeness (QED) is 0.318. The van der Waals surface area contributed by atoms with Gasteiger partial charge in [-0.15, -0.1) is 11.3 Å². The van der Waals surface area contributed by atoms with Crippen LogP contribution in [0.3, 0.4) is 0 Å². The Bertz CT molecular complexity index is 1270.